The van der Waals surface area contributed by atoms with Crippen molar-refractivity contribution in [1.82, 2.24) is 0 Å². The molecular weight excluding hydrogens is 218 g/mol. The van der Waals surface area contributed by atoms with Crippen LogP contribution in [-0.2, 0) is 5.41 Å². The molecule has 4 nitrogen and oxygen atoms in total. The van der Waals surface area contributed by atoms with Gasteiger partial charge in [0.2, 0.25) is 0 Å². The molecule has 1 aliphatic rings. The normalized spacial score (nSPS) is 19.2. The zero-order valence-corrected chi connectivity index (χ0v) is 10.6. The maximum atomic E-state index is 9.05. The lowest BCUT2D eigenvalue weighted by Gasteiger charge is -2.19. The number of ether oxygens (including phenoxy) is 2. The molecule has 1 N–H and O–H groups in total. The third-order valence-electron chi connectivity index (χ3n) is 3.29. The third-order valence-corrected chi connectivity index (χ3v) is 3.29. The Kier molecular flexibility index (Phi) is 2.73. The highest BCUT2D eigenvalue weighted by Crippen LogP contribution is 2.43. The molecule has 0 atom stereocenters. The van der Waals surface area contributed by atoms with Gasteiger partial charge in [0.05, 0.1) is 19.9 Å². The standard InChI is InChI=1S/C13H17NO3/c1-13(2)7-10(14-15)8-5-11(16-3)12(17-4)6-9(8)13/h5-6,15H,7H2,1-4H3/b14-10-. The van der Waals surface area contributed by atoms with Gasteiger partial charge in [-0.05, 0) is 23.1 Å². The predicted octanol–water partition coefficient (Wildman–Crippen LogP) is 2.56. The summed E-state index contributed by atoms with van der Waals surface area (Å²) in [6.45, 7) is 4.24. The number of oxime groups is 1. The molecule has 0 saturated heterocycles. The van der Waals surface area contributed by atoms with Gasteiger partial charge in [0.15, 0.2) is 11.5 Å². The SMILES string of the molecule is COc1cc2c(cc1OC)C(C)(C)C/C2=N/O. The molecule has 0 saturated carbocycles. The molecule has 0 fully saturated rings. The van der Waals surface area contributed by atoms with Crippen molar-refractivity contribution in [2.45, 2.75) is 25.7 Å². The molecule has 0 heterocycles. The summed E-state index contributed by atoms with van der Waals surface area (Å²) in [6, 6.07) is 3.84. The van der Waals surface area contributed by atoms with Crippen LogP contribution in [0.4, 0.5) is 0 Å². The molecule has 17 heavy (non-hydrogen) atoms. The summed E-state index contributed by atoms with van der Waals surface area (Å²) < 4.78 is 10.6. The number of benzene rings is 1. The maximum Gasteiger partial charge on any atom is 0.161 e. The van der Waals surface area contributed by atoms with E-state index in [1.54, 1.807) is 14.2 Å². The number of rotatable bonds is 2. The molecule has 0 bridgehead atoms. The summed E-state index contributed by atoms with van der Waals surface area (Å²) in [5, 5.41) is 12.4. The Hall–Kier alpha value is -1.71. The minimum absolute atomic E-state index is 0.0452. The van der Waals surface area contributed by atoms with Crippen molar-refractivity contribution < 1.29 is 14.7 Å². The molecule has 4 heteroatoms. The first-order valence-electron chi connectivity index (χ1n) is 5.51. The summed E-state index contributed by atoms with van der Waals surface area (Å²) >= 11 is 0. The molecule has 0 radical (unpaired) electrons. The minimum atomic E-state index is -0.0452. The Morgan fingerprint density at radius 1 is 1.18 bits per heavy atom. The van der Waals surface area contributed by atoms with E-state index < -0.39 is 0 Å². The van der Waals surface area contributed by atoms with E-state index >= 15 is 0 Å². The Morgan fingerprint density at radius 3 is 2.29 bits per heavy atom. The van der Waals surface area contributed by atoms with Crippen molar-refractivity contribution in [3.63, 3.8) is 0 Å². The monoisotopic (exact) mass is 235 g/mol. The van der Waals surface area contributed by atoms with Gasteiger partial charge in [0.1, 0.15) is 0 Å². The van der Waals surface area contributed by atoms with E-state index in [1.807, 2.05) is 12.1 Å². The van der Waals surface area contributed by atoms with Crippen molar-refractivity contribution in [1.29, 1.82) is 0 Å². The fourth-order valence-electron chi connectivity index (χ4n) is 2.38. The topological polar surface area (TPSA) is 51.0 Å². The average molecular weight is 235 g/mol. The number of methoxy groups -OCH3 is 2. The van der Waals surface area contributed by atoms with Crippen LogP contribution in [0.3, 0.4) is 0 Å². The molecule has 92 valence electrons. The molecule has 1 aliphatic carbocycles. The number of nitrogens with zero attached hydrogens (tertiary/aromatic N) is 1. The van der Waals surface area contributed by atoms with E-state index in [-0.39, 0.29) is 5.41 Å². The van der Waals surface area contributed by atoms with Crippen LogP contribution in [0.2, 0.25) is 0 Å². The van der Waals surface area contributed by atoms with Gasteiger partial charge in [0.25, 0.3) is 0 Å². The Bertz CT molecular complexity index is 478. The fraction of sp³-hybridized carbons (Fsp3) is 0.462. The summed E-state index contributed by atoms with van der Waals surface area (Å²) in [5.41, 5.74) is 2.72. The summed E-state index contributed by atoms with van der Waals surface area (Å²) in [4.78, 5) is 0. The molecule has 1 aromatic carbocycles. The fourth-order valence-corrected chi connectivity index (χ4v) is 2.38. The van der Waals surface area contributed by atoms with Gasteiger partial charge in [-0.3, -0.25) is 0 Å². The van der Waals surface area contributed by atoms with Crippen LogP contribution in [0, 0.1) is 0 Å². The van der Waals surface area contributed by atoms with Crippen molar-refractivity contribution in [3.05, 3.63) is 23.3 Å². The zero-order chi connectivity index (χ0) is 12.6. The Balaban J connectivity index is 2.66. The lowest BCUT2D eigenvalue weighted by atomic mass is 9.86. The number of fused-ring (bicyclic) bond motifs is 1. The maximum absolute atomic E-state index is 9.05. The van der Waals surface area contributed by atoms with E-state index in [0.29, 0.717) is 17.2 Å². The van der Waals surface area contributed by atoms with Gasteiger partial charge in [-0.2, -0.15) is 0 Å². The molecule has 0 spiro atoms. The lowest BCUT2D eigenvalue weighted by Crippen LogP contribution is -2.12. The third kappa shape index (κ3) is 1.73. The van der Waals surface area contributed by atoms with Crippen LogP contribution >= 0.6 is 0 Å². The zero-order valence-electron chi connectivity index (χ0n) is 10.6. The molecule has 0 aromatic heterocycles. The van der Waals surface area contributed by atoms with Gasteiger partial charge in [-0.25, -0.2) is 0 Å². The Labute approximate surface area is 101 Å². The van der Waals surface area contributed by atoms with Gasteiger partial charge >= 0.3 is 0 Å². The molecule has 0 unspecified atom stereocenters. The van der Waals surface area contributed by atoms with E-state index in [1.165, 1.54) is 0 Å². The van der Waals surface area contributed by atoms with E-state index in [2.05, 4.69) is 19.0 Å². The summed E-state index contributed by atoms with van der Waals surface area (Å²) in [7, 11) is 3.22. The van der Waals surface area contributed by atoms with Crippen molar-refractivity contribution in [3.8, 4) is 11.5 Å². The first-order valence-corrected chi connectivity index (χ1v) is 5.51. The smallest absolute Gasteiger partial charge is 0.161 e. The number of hydrogen-bond donors (Lipinski definition) is 1. The second kappa shape index (κ2) is 3.95. The highest BCUT2D eigenvalue weighted by atomic mass is 16.5. The van der Waals surface area contributed by atoms with Crippen LogP contribution in [0.1, 0.15) is 31.4 Å². The van der Waals surface area contributed by atoms with E-state index in [0.717, 1.165) is 17.5 Å². The first-order chi connectivity index (χ1) is 8.03. The van der Waals surface area contributed by atoms with Crippen LogP contribution in [0.5, 0.6) is 11.5 Å². The predicted molar refractivity (Wildman–Crippen MR) is 65.5 cm³/mol. The van der Waals surface area contributed by atoms with Crippen LogP contribution in [0.25, 0.3) is 0 Å². The molecule has 2 rings (SSSR count). The average Bonchev–Trinajstić information content (AvgIpc) is 2.58. The highest BCUT2D eigenvalue weighted by molar-refractivity contribution is 6.06. The minimum Gasteiger partial charge on any atom is -0.493 e. The quantitative estimate of drug-likeness (QED) is 0.633. The van der Waals surface area contributed by atoms with Crippen LogP contribution in [0.15, 0.2) is 17.3 Å². The molecule has 0 amide bonds. The highest BCUT2D eigenvalue weighted by Gasteiger charge is 2.36. The first kappa shape index (κ1) is 11.8. The van der Waals surface area contributed by atoms with E-state index in [4.69, 9.17) is 14.7 Å². The molecule has 0 aliphatic heterocycles. The molecular formula is C13H17NO3. The van der Waals surface area contributed by atoms with Gasteiger partial charge < -0.3 is 14.7 Å². The van der Waals surface area contributed by atoms with Gasteiger partial charge in [0, 0.05) is 12.0 Å². The lowest BCUT2D eigenvalue weighted by molar-refractivity contribution is 0.317. The van der Waals surface area contributed by atoms with E-state index in [9.17, 15) is 0 Å². The largest absolute Gasteiger partial charge is 0.493 e. The second-order valence-electron chi connectivity index (χ2n) is 4.86. The van der Waals surface area contributed by atoms with Crippen LogP contribution in [-0.4, -0.2) is 25.1 Å². The number of hydrogen-bond acceptors (Lipinski definition) is 4. The molecule has 1 aromatic rings. The van der Waals surface area contributed by atoms with Crippen molar-refractivity contribution in [2.24, 2.45) is 5.16 Å². The summed E-state index contributed by atoms with van der Waals surface area (Å²) in [6.07, 6.45) is 0.717. The van der Waals surface area contributed by atoms with Crippen molar-refractivity contribution >= 4 is 5.71 Å². The van der Waals surface area contributed by atoms with Crippen LogP contribution < -0.4 is 9.47 Å². The summed E-state index contributed by atoms with van der Waals surface area (Å²) in [5.74, 6) is 1.36. The van der Waals surface area contributed by atoms with Gasteiger partial charge in [-0.1, -0.05) is 19.0 Å². The second-order valence-corrected chi connectivity index (χ2v) is 4.86. The Morgan fingerprint density at radius 2 is 1.76 bits per heavy atom. The van der Waals surface area contributed by atoms with Gasteiger partial charge in [-0.15, -0.1) is 0 Å². The van der Waals surface area contributed by atoms with Crippen molar-refractivity contribution in [2.75, 3.05) is 14.2 Å².